The zero-order valence-corrected chi connectivity index (χ0v) is 15.5. The van der Waals surface area contributed by atoms with E-state index < -0.39 is 4.92 Å². The largest absolute Gasteiger partial charge is 0.419 e. The Kier molecular flexibility index (Phi) is 4.58. The van der Waals surface area contributed by atoms with Crippen molar-refractivity contribution in [3.63, 3.8) is 0 Å². The topological polar surface area (TPSA) is 95.0 Å². The van der Waals surface area contributed by atoms with E-state index in [1.54, 1.807) is 18.2 Å². The standard InChI is InChI=1S/C17H11FN4O3S2/c1-9(15-20-21-16(25-15)10-2-4-11(18)5-3-10)26-17-19-13-7-6-12(22(23)24)8-14(13)27-17/h2-9H,1H3/t9-/m1/s1. The minimum absolute atomic E-state index is 0.0385. The molecule has 2 heterocycles. The lowest BCUT2D eigenvalue weighted by molar-refractivity contribution is -0.384. The molecule has 0 aliphatic carbocycles. The minimum Gasteiger partial charge on any atom is -0.419 e. The Morgan fingerprint density at radius 1 is 1.22 bits per heavy atom. The van der Waals surface area contributed by atoms with Crippen molar-refractivity contribution in [2.75, 3.05) is 0 Å². The van der Waals surface area contributed by atoms with E-state index in [1.807, 2.05) is 6.92 Å². The molecule has 0 saturated carbocycles. The van der Waals surface area contributed by atoms with Crippen LogP contribution in [0.3, 0.4) is 0 Å². The van der Waals surface area contributed by atoms with Gasteiger partial charge in [-0.05, 0) is 37.3 Å². The fourth-order valence-electron chi connectivity index (χ4n) is 2.37. The minimum atomic E-state index is -0.427. The first-order valence-electron chi connectivity index (χ1n) is 7.80. The molecule has 0 saturated heterocycles. The van der Waals surface area contributed by atoms with Gasteiger partial charge in [0.25, 0.3) is 5.69 Å². The summed E-state index contributed by atoms with van der Waals surface area (Å²) in [6.45, 7) is 1.90. The van der Waals surface area contributed by atoms with Gasteiger partial charge in [-0.1, -0.05) is 11.8 Å². The highest BCUT2D eigenvalue weighted by molar-refractivity contribution is 8.01. The van der Waals surface area contributed by atoms with E-state index in [9.17, 15) is 14.5 Å². The molecule has 27 heavy (non-hydrogen) atoms. The van der Waals surface area contributed by atoms with Crippen LogP contribution in [0.2, 0.25) is 0 Å². The third kappa shape index (κ3) is 3.67. The summed E-state index contributed by atoms with van der Waals surface area (Å²) in [5.74, 6) is 0.403. The molecule has 4 aromatic rings. The van der Waals surface area contributed by atoms with Gasteiger partial charge in [0.05, 0.1) is 20.4 Å². The number of nitro benzene ring substituents is 1. The van der Waals surface area contributed by atoms with E-state index in [0.29, 0.717) is 22.9 Å². The van der Waals surface area contributed by atoms with Crippen LogP contribution < -0.4 is 0 Å². The van der Waals surface area contributed by atoms with E-state index in [0.717, 1.165) is 9.04 Å². The van der Waals surface area contributed by atoms with E-state index >= 15 is 0 Å². The molecule has 7 nitrogen and oxygen atoms in total. The van der Waals surface area contributed by atoms with E-state index in [4.69, 9.17) is 4.42 Å². The lowest BCUT2D eigenvalue weighted by atomic mass is 10.2. The van der Waals surface area contributed by atoms with Gasteiger partial charge in [-0.3, -0.25) is 10.1 Å². The SMILES string of the molecule is C[C@@H](Sc1nc2ccc([N+](=O)[O-])cc2s1)c1nnc(-c2ccc(F)cc2)o1. The third-order valence-electron chi connectivity index (χ3n) is 3.72. The van der Waals surface area contributed by atoms with E-state index in [1.165, 1.54) is 47.4 Å². The Hall–Kier alpha value is -2.85. The molecule has 10 heteroatoms. The molecule has 0 aliphatic rings. The summed E-state index contributed by atoms with van der Waals surface area (Å²) in [5, 5.41) is 18.8. The Balaban J connectivity index is 1.53. The number of aromatic nitrogens is 3. The van der Waals surface area contributed by atoms with Gasteiger partial charge in [-0.15, -0.1) is 21.5 Å². The van der Waals surface area contributed by atoms with Gasteiger partial charge in [0, 0.05) is 17.7 Å². The number of thiazole rings is 1. The maximum atomic E-state index is 13.0. The molecule has 0 amide bonds. The fraction of sp³-hybridized carbons (Fsp3) is 0.118. The molecule has 0 bridgehead atoms. The number of benzene rings is 2. The molecular weight excluding hydrogens is 391 g/mol. The highest BCUT2D eigenvalue weighted by atomic mass is 32.2. The molecular formula is C17H11FN4O3S2. The van der Waals surface area contributed by atoms with Crippen LogP contribution >= 0.6 is 23.1 Å². The van der Waals surface area contributed by atoms with Crippen molar-refractivity contribution in [2.24, 2.45) is 0 Å². The zero-order chi connectivity index (χ0) is 19.0. The van der Waals surface area contributed by atoms with Crippen molar-refractivity contribution in [1.82, 2.24) is 15.2 Å². The molecule has 4 rings (SSSR count). The molecule has 2 aromatic carbocycles. The molecule has 0 N–H and O–H groups in total. The summed E-state index contributed by atoms with van der Waals surface area (Å²) in [6, 6.07) is 10.4. The average molecular weight is 402 g/mol. The Morgan fingerprint density at radius 2 is 2.00 bits per heavy atom. The summed E-state index contributed by atoms with van der Waals surface area (Å²) in [6.07, 6.45) is 0. The highest BCUT2D eigenvalue weighted by Gasteiger charge is 2.19. The van der Waals surface area contributed by atoms with Crippen molar-refractivity contribution in [1.29, 1.82) is 0 Å². The van der Waals surface area contributed by atoms with Crippen LogP contribution in [0, 0.1) is 15.9 Å². The number of nitro groups is 1. The predicted octanol–water partition coefficient (Wildman–Crippen LogP) is 5.25. The molecule has 0 aliphatic heterocycles. The van der Waals surface area contributed by atoms with Crippen LogP contribution in [0.1, 0.15) is 18.1 Å². The number of hydrogen-bond acceptors (Lipinski definition) is 8. The Bertz CT molecular complexity index is 1130. The van der Waals surface area contributed by atoms with Crippen LogP contribution in [-0.4, -0.2) is 20.1 Å². The molecule has 136 valence electrons. The number of thioether (sulfide) groups is 1. The number of non-ortho nitro benzene ring substituents is 1. The van der Waals surface area contributed by atoms with Crippen LogP contribution in [0.15, 0.2) is 51.2 Å². The second-order valence-electron chi connectivity index (χ2n) is 5.60. The highest BCUT2D eigenvalue weighted by Crippen LogP contribution is 2.39. The normalized spacial score (nSPS) is 12.4. The summed E-state index contributed by atoms with van der Waals surface area (Å²) in [7, 11) is 0. The van der Waals surface area contributed by atoms with Gasteiger partial charge in [-0.2, -0.15) is 0 Å². The molecule has 1 atom stereocenters. The first-order valence-corrected chi connectivity index (χ1v) is 9.50. The second kappa shape index (κ2) is 7.05. The number of fused-ring (bicyclic) bond motifs is 1. The van der Waals surface area contributed by atoms with Gasteiger partial charge in [0.2, 0.25) is 11.8 Å². The first kappa shape index (κ1) is 17.6. The summed E-state index contributed by atoms with van der Waals surface area (Å²) >= 11 is 2.80. The number of rotatable bonds is 5. The maximum absolute atomic E-state index is 13.0. The van der Waals surface area contributed by atoms with Crippen LogP contribution in [0.4, 0.5) is 10.1 Å². The Morgan fingerprint density at radius 3 is 2.74 bits per heavy atom. The fourth-order valence-corrected chi connectivity index (χ4v) is 4.64. The zero-order valence-electron chi connectivity index (χ0n) is 13.8. The van der Waals surface area contributed by atoms with Crippen molar-refractivity contribution in [3.8, 4) is 11.5 Å². The third-order valence-corrected chi connectivity index (χ3v) is 5.92. The van der Waals surface area contributed by atoms with Crippen LogP contribution in [0.5, 0.6) is 0 Å². The molecule has 0 spiro atoms. The second-order valence-corrected chi connectivity index (χ2v) is 8.22. The van der Waals surface area contributed by atoms with Gasteiger partial charge in [0.1, 0.15) is 5.82 Å². The molecule has 0 radical (unpaired) electrons. The van der Waals surface area contributed by atoms with Gasteiger partial charge >= 0.3 is 0 Å². The summed E-state index contributed by atoms with van der Waals surface area (Å²) < 4.78 is 20.2. The van der Waals surface area contributed by atoms with Crippen molar-refractivity contribution >= 4 is 39.0 Å². The van der Waals surface area contributed by atoms with Crippen molar-refractivity contribution < 1.29 is 13.7 Å². The maximum Gasteiger partial charge on any atom is 0.270 e. The lowest BCUT2D eigenvalue weighted by Gasteiger charge is -2.02. The predicted molar refractivity (Wildman–Crippen MR) is 100 cm³/mol. The van der Waals surface area contributed by atoms with E-state index in [-0.39, 0.29) is 16.8 Å². The van der Waals surface area contributed by atoms with Crippen LogP contribution in [0.25, 0.3) is 21.7 Å². The Labute approximate surface area is 160 Å². The average Bonchev–Trinajstić information content (AvgIpc) is 3.28. The van der Waals surface area contributed by atoms with Gasteiger partial charge in [0.15, 0.2) is 4.34 Å². The summed E-state index contributed by atoms with van der Waals surface area (Å²) in [5.41, 5.74) is 1.38. The monoisotopic (exact) mass is 402 g/mol. The number of halogens is 1. The lowest BCUT2D eigenvalue weighted by Crippen LogP contribution is -1.88. The number of nitrogens with zero attached hydrogens (tertiary/aromatic N) is 4. The first-order chi connectivity index (χ1) is 13.0. The van der Waals surface area contributed by atoms with Crippen molar-refractivity contribution in [2.45, 2.75) is 16.5 Å². The molecule has 2 aromatic heterocycles. The molecule has 0 unspecified atom stereocenters. The quantitative estimate of drug-likeness (QED) is 0.256. The number of hydrogen-bond donors (Lipinski definition) is 0. The van der Waals surface area contributed by atoms with Gasteiger partial charge in [-0.25, -0.2) is 9.37 Å². The molecule has 0 fully saturated rings. The van der Waals surface area contributed by atoms with Gasteiger partial charge < -0.3 is 4.42 Å². The summed E-state index contributed by atoms with van der Waals surface area (Å²) in [4.78, 5) is 14.9. The smallest absolute Gasteiger partial charge is 0.270 e. The van der Waals surface area contributed by atoms with E-state index in [2.05, 4.69) is 15.2 Å². The van der Waals surface area contributed by atoms with Crippen molar-refractivity contribution in [3.05, 3.63) is 64.3 Å². The van der Waals surface area contributed by atoms with Crippen LogP contribution in [-0.2, 0) is 0 Å².